The minimum Gasteiger partial charge on any atom is -0.367 e. The number of hydrogen-bond acceptors (Lipinski definition) is 3. The number of pyridine rings is 1. The van der Waals surface area contributed by atoms with Crippen LogP contribution in [0.4, 0.5) is 5.82 Å². The van der Waals surface area contributed by atoms with Gasteiger partial charge in [0.25, 0.3) is 0 Å². The van der Waals surface area contributed by atoms with E-state index in [1.807, 2.05) is 6.07 Å². The van der Waals surface area contributed by atoms with E-state index in [9.17, 15) is 4.79 Å². The monoisotopic (exact) mass is 233 g/mol. The molecule has 1 aliphatic carbocycles. The predicted molar refractivity (Wildman–Crippen MR) is 67.8 cm³/mol. The lowest BCUT2D eigenvalue weighted by molar-refractivity contribution is 0.1000. The van der Waals surface area contributed by atoms with Gasteiger partial charge >= 0.3 is 0 Å². The van der Waals surface area contributed by atoms with Gasteiger partial charge in [-0.3, -0.25) is 4.79 Å². The van der Waals surface area contributed by atoms with E-state index in [1.165, 1.54) is 31.9 Å². The van der Waals surface area contributed by atoms with E-state index in [0.29, 0.717) is 17.5 Å². The lowest BCUT2D eigenvalue weighted by Gasteiger charge is -2.29. The number of carbonyl (C=O) groups is 1. The van der Waals surface area contributed by atoms with Gasteiger partial charge in [0.1, 0.15) is 5.82 Å². The first kappa shape index (κ1) is 11.9. The highest BCUT2D eigenvalue weighted by Crippen LogP contribution is 2.26. The average Bonchev–Trinajstić information content (AvgIpc) is 2.33. The van der Waals surface area contributed by atoms with Gasteiger partial charge in [0, 0.05) is 12.2 Å². The topological polar surface area (TPSA) is 68.0 Å². The zero-order valence-electron chi connectivity index (χ0n) is 10.1. The molecule has 1 heterocycles. The molecule has 1 fully saturated rings. The molecule has 0 spiro atoms. The number of nitrogens with one attached hydrogen (secondary N) is 1. The van der Waals surface area contributed by atoms with Gasteiger partial charge in [-0.05, 0) is 30.9 Å². The second-order valence-electron chi connectivity index (χ2n) is 4.81. The summed E-state index contributed by atoms with van der Waals surface area (Å²) in [4.78, 5) is 15.1. The van der Waals surface area contributed by atoms with Crippen LogP contribution < -0.4 is 11.1 Å². The molecule has 1 saturated carbocycles. The number of aromatic nitrogens is 1. The molecule has 0 aromatic carbocycles. The van der Waals surface area contributed by atoms with E-state index in [1.54, 1.807) is 6.07 Å². The SMILES string of the molecule is CC1CCCCC1Nc1ccc(C(N)=O)cn1. The number of hydrogen-bond donors (Lipinski definition) is 2. The van der Waals surface area contributed by atoms with Crippen LogP contribution in [0.25, 0.3) is 0 Å². The maximum absolute atomic E-state index is 10.9. The summed E-state index contributed by atoms with van der Waals surface area (Å²) in [5, 5.41) is 3.43. The lowest BCUT2D eigenvalue weighted by atomic mass is 9.86. The fourth-order valence-corrected chi connectivity index (χ4v) is 2.35. The summed E-state index contributed by atoms with van der Waals surface area (Å²) >= 11 is 0. The fraction of sp³-hybridized carbons (Fsp3) is 0.538. The molecule has 1 aromatic rings. The van der Waals surface area contributed by atoms with E-state index in [4.69, 9.17) is 5.73 Å². The molecule has 0 radical (unpaired) electrons. The molecule has 4 nitrogen and oxygen atoms in total. The van der Waals surface area contributed by atoms with Crippen LogP contribution in [-0.4, -0.2) is 16.9 Å². The van der Waals surface area contributed by atoms with Crippen LogP contribution >= 0.6 is 0 Å². The molecule has 17 heavy (non-hydrogen) atoms. The zero-order chi connectivity index (χ0) is 12.3. The fourth-order valence-electron chi connectivity index (χ4n) is 2.35. The van der Waals surface area contributed by atoms with Crippen molar-refractivity contribution in [1.82, 2.24) is 4.98 Å². The molecule has 0 bridgehead atoms. The number of nitrogens with zero attached hydrogens (tertiary/aromatic N) is 1. The van der Waals surface area contributed by atoms with Crippen LogP contribution in [0.15, 0.2) is 18.3 Å². The Labute approximate surface area is 102 Å². The molecule has 0 saturated heterocycles. The molecule has 3 N–H and O–H groups in total. The van der Waals surface area contributed by atoms with E-state index < -0.39 is 5.91 Å². The van der Waals surface area contributed by atoms with Gasteiger partial charge in [-0.1, -0.05) is 19.8 Å². The van der Waals surface area contributed by atoms with Crippen molar-refractivity contribution in [3.05, 3.63) is 23.9 Å². The Bertz CT molecular complexity index is 388. The molecule has 2 atom stereocenters. The van der Waals surface area contributed by atoms with Crippen LogP contribution in [0.1, 0.15) is 43.0 Å². The third-order valence-corrected chi connectivity index (χ3v) is 3.49. The van der Waals surface area contributed by atoms with Crippen molar-refractivity contribution in [1.29, 1.82) is 0 Å². The average molecular weight is 233 g/mol. The first-order valence-corrected chi connectivity index (χ1v) is 6.19. The predicted octanol–water partition coefficient (Wildman–Crippen LogP) is 2.17. The van der Waals surface area contributed by atoms with E-state index >= 15 is 0 Å². The van der Waals surface area contributed by atoms with Gasteiger partial charge in [-0.25, -0.2) is 4.98 Å². The van der Waals surface area contributed by atoms with Crippen molar-refractivity contribution >= 4 is 11.7 Å². The van der Waals surface area contributed by atoms with Crippen molar-refractivity contribution < 1.29 is 4.79 Å². The molecule has 2 rings (SSSR count). The minimum atomic E-state index is -0.435. The molecular formula is C13H19N3O. The molecule has 4 heteroatoms. The molecular weight excluding hydrogens is 214 g/mol. The second-order valence-corrected chi connectivity index (χ2v) is 4.81. The maximum Gasteiger partial charge on any atom is 0.250 e. The molecule has 0 aliphatic heterocycles. The Morgan fingerprint density at radius 1 is 1.41 bits per heavy atom. The van der Waals surface area contributed by atoms with Gasteiger partial charge in [0.05, 0.1) is 5.56 Å². The lowest BCUT2D eigenvalue weighted by Crippen LogP contribution is -2.30. The zero-order valence-corrected chi connectivity index (χ0v) is 10.1. The Morgan fingerprint density at radius 2 is 2.18 bits per heavy atom. The van der Waals surface area contributed by atoms with Gasteiger partial charge in [-0.2, -0.15) is 0 Å². The highest BCUT2D eigenvalue weighted by atomic mass is 16.1. The van der Waals surface area contributed by atoms with Crippen LogP contribution in [0.5, 0.6) is 0 Å². The number of anilines is 1. The highest BCUT2D eigenvalue weighted by molar-refractivity contribution is 5.92. The third-order valence-electron chi connectivity index (χ3n) is 3.49. The molecule has 2 unspecified atom stereocenters. The van der Waals surface area contributed by atoms with Crippen molar-refractivity contribution in [2.24, 2.45) is 11.7 Å². The van der Waals surface area contributed by atoms with Gasteiger partial charge in [-0.15, -0.1) is 0 Å². The van der Waals surface area contributed by atoms with Crippen molar-refractivity contribution in [3.8, 4) is 0 Å². The summed E-state index contributed by atoms with van der Waals surface area (Å²) in [5.41, 5.74) is 5.62. The van der Waals surface area contributed by atoms with Crippen molar-refractivity contribution in [3.63, 3.8) is 0 Å². The Kier molecular flexibility index (Phi) is 3.61. The van der Waals surface area contributed by atoms with Crippen LogP contribution in [0, 0.1) is 5.92 Å². The van der Waals surface area contributed by atoms with E-state index in [0.717, 1.165) is 5.82 Å². The quantitative estimate of drug-likeness (QED) is 0.840. The van der Waals surface area contributed by atoms with Gasteiger partial charge in [0.15, 0.2) is 0 Å². The normalized spacial score (nSPS) is 24.3. The van der Waals surface area contributed by atoms with Crippen LogP contribution in [0.3, 0.4) is 0 Å². The summed E-state index contributed by atoms with van der Waals surface area (Å²) in [6, 6.07) is 4.03. The summed E-state index contributed by atoms with van der Waals surface area (Å²) in [6.45, 7) is 2.27. The second kappa shape index (κ2) is 5.17. The maximum atomic E-state index is 10.9. The molecule has 1 aromatic heterocycles. The smallest absolute Gasteiger partial charge is 0.250 e. The highest BCUT2D eigenvalue weighted by Gasteiger charge is 2.21. The summed E-state index contributed by atoms with van der Waals surface area (Å²) in [7, 11) is 0. The minimum absolute atomic E-state index is 0.435. The van der Waals surface area contributed by atoms with E-state index in [-0.39, 0.29) is 0 Å². The first-order valence-electron chi connectivity index (χ1n) is 6.19. The number of carbonyl (C=O) groups excluding carboxylic acids is 1. The summed E-state index contributed by atoms with van der Waals surface area (Å²) in [5.74, 6) is 1.07. The van der Waals surface area contributed by atoms with Gasteiger partial charge in [0.2, 0.25) is 5.91 Å². The summed E-state index contributed by atoms with van der Waals surface area (Å²) in [6.07, 6.45) is 6.60. The number of primary amides is 1. The number of rotatable bonds is 3. The van der Waals surface area contributed by atoms with Crippen molar-refractivity contribution in [2.75, 3.05) is 5.32 Å². The Balaban J connectivity index is 2.00. The molecule has 1 aliphatic rings. The number of amides is 1. The largest absolute Gasteiger partial charge is 0.367 e. The Morgan fingerprint density at radius 3 is 2.76 bits per heavy atom. The van der Waals surface area contributed by atoms with Crippen LogP contribution in [-0.2, 0) is 0 Å². The Hall–Kier alpha value is -1.58. The molecule has 1 amide bonds. The standard InChI is InChI=1S/C13H19N3O/c1-9-4-2-3-5-11(9)16-12-7-6-10(8-15-12)13(14)17/h6-9,11H,2-5H2,1H3,(H2,14,17)(H,15,16). The third kappa shape index (κ3) is 2.96. The summed E-state index contributed by atoms with van der Waals surface area (Å²) < 4.78 is 0. The number of nitrogens with two attached hydrogens (primary N) is 1. The molecule has 92 valence electrons. The van der Waals surface area contributed by atoms with Crippen LogP contribution in [0.2, 0.25) is 0 Å². The van der Waals surface area contributed by atoms with Crippen molar-refractivity contribution in [2.45, 2.75) is 38.6 Å². The van der Waals surface area contributed by atoms with E-state index in [2.05, 4.69) is 17.2 Å². The first-order chi connectivity index (χ1) is 8.16. The van der Waals surface area contributed by atoms with Gasteiger partial charge < -0.3 is 11.1 Å².